The van der Waals surface area contributed by atoms with E-state index in [1.165, 1.54) is 12.1 Å². The first-order valence-electron chi connectivity index (χ1n) is 8.40. The van der Waals surface area contributed by atoms with Crippen LogP contribution in [0.2, 0.25) is 5.02 Å². The molecule has 0 saturated heterocycles. The van der Waals surface area contributed by atoms with Crippen molar-refractivity contribution < 1.29 is 22.7 Å². The Hall–Kier alpha value is -3.20. The number of hydrogen-bond acceptors (Lipinski definition) is 4. The van der Waals surface area contributed by atoms with Gasteiger partial charge in [-0.1, -0.05) is 29.8 Å². The third-order valence-electron chi connectivity index (χ3n) is 3.83. The van der Waals surface area contributed by atoms with Gasteiger partial charge in [0, 0.05) is 24.5 Å². The van der Waals surface area contributed by atoms with Crippen molar-refractivity contribution >= 4 is 28.9 Å². The van der Waals surface area contributed by atoms with Gasteiger partial charge in [-0.25, -0.2) is 0 Å². The molecule has 0 radical (unpaired) electrons. The van der Waals surface area contributed by atoms with E-state index in [9.17, 15) is 18.0 Å². The Morgan fingerprint density at radius 3 is 2.55 bits per heavy atom. The number of rotatable bonds is 6. The third kappa shape index (κ3) is 5.00. The van der Waals surface area contributed by atoms with Crippen LogP contribution >= 0.6 is 11.6 Å². The Balaban J connectivity index is 1.80. The summed E-state index contributed by atoms with van der Waals surface area (Å²) in [6.45, 7) is -0.517. The molecule has 0 saturated carbocycles. The molecule has 1 aromatic heterocycles. The number of amides is 1. The molecule has 2 N–H and O–H groups in total. The Bertz CT molecular complexity index is 1020. The van der Waals surface area contributed by atoms with Gasteiger partial charge in [0.25, 0.3) is 5.91 Å². The predicted octanol–water partition coefficient (Wildman–Crippen LogP) is 4.60. The first-order valence-corrected chi connectivity index (χ1v) is 8.78. The second-order valence-electron chi connectivity index (χ2n) is 5.90. The summed E-state index contributed by atoms with van der Waals surface area (Å²) in [5, 5.41) is 9.27. The molecule has 0 bridgehead atoms. The van der Waals surface area contributed by atoms with Crippen molar-refractivity contribution in [1.29, 1.82) is 0 Å². The highest BCUT2D eigenvalue weighted by Gasteiger charge is 2.36. The van der Waals surface area contributed by atoms with E-state index in [0.29, 0.717) is 5.69 Å². The number of nitrogens with one attached hydrogen (secondary N) is 2. The zero-order chi connectivity index (χ0) is 21.0. The number of aromatic nitrogens is 2. The minimum Gasteiger partial charge on any atom is -0.467 e. The molecule has 0 spiro atoms. The number of ether oxygens (including phenoxy) is 1. The predicted molar refractivity (Wildman–Crippen MR) is 104 cm³/mol. The van der Waals surface area contributed by atoms with Crippen molar-refractivity contribution in [2.24, 2.45) is 0 Å². The fourth-order valence-corrected chi connectivity index (χ4v) is 2.71. The molecule has 3 rings (SSSR count). The smallest absolute Gasteiger partial charge is 0.435 e. The summed E-state index contributed by atoms with van der Waals surface area (Å²) in [5.74, 6) is -0.803. The largest absolute Gasteiger partial charge is 0.467 e. The molecule has 0 aliphatic carbocycles. The number of para-hydroxylation sites is 1. The molecule has 1 heterocycles. The van der Waals surface area contributed by atoms with Crippen LogP contribution in [0.25, 0.3) is 5.69 Å². The van der Waals surface area contributed by atoms with Crippen LogP contribution in [0.4, 0.5) is 24.5 Å². The lowest BCUT2D eigenvalue weighted by Gasteiger charge is -2.11. The molecule has 10 heteroatoms. The molecule has 6 nitrogen and oxygen atoms in total. The molecule has 29 heavy (non-hydrogen) atoms. The van der Waals surface area contributed by atoms with Gasteiger partial charge in [0.15, 0.2) is 12.3 Å². The number of alkyl halides is 3. The van der Waals surface area contributed by atoms with Crippen molar-refractivity contribution in [2.45, 2.75) is 6.18 Å². The van der Waals surface area contributed by atoms with E-state index in [4.69, 9.17) is 16.3 Å². The molecule has 0 aliphatic heterocycles. The lowest BCUT2D eigenvalue weighted by Crippen LogP contribution is -2.21. The van der Waals surface area contributed by atoms with Gasteiger partial charge in [0.05, 0.1) is 10.7 Å². The standard InChI is InChI=1S/C19H16ClF3N4O2/c1-24-12-5-4-6-13(9-12)25-17(28)11-29-18-10-16(19(21,22)23)26-27(18)15-8-3-2-7-14(15)20/h2-10,24H,11H2,1H3,(H,25,28). The van der Waals surface area contributed by atoms with E-state index in [-0.39, 0.29) is 16.6 Å². The van der Waals surface area contributed by atoms with Crippen molar-refractivity contribution in [1.82, 2.24) is 9.78 Å². The third-order valence-corrected chi connectivity index (χ3v) is 4.15. The van der Waals surface area contributed by atoms with Crippen molar-refractivity contribution in [2.75, 3.05) is 24.3 Å². The first-order chi connectivity index (χ1) is 13.8. The number of nitrogens with zero attached hydrogens (tertiary/aromatic N) is 2. The van der Waals surface area contributed by atoms with E-state index >= 15 is 0 Å². The maximum Gasteiger partial charge on any atom is 0.435 e. The van der Waals surface area contributed by atoms with Crippen LogP contribution in [0.1, 0.15) is 5.69 Å². The summed E-state index contributed by atoms with van der Waals surface area (Å²) < 4.78 is 45.6. The second kappa shape index (κ2) is 8.44. The van der Waals surface area contributed by atoms with Crippen LogP contribution in [0.5, 0.6) is 5.88 Å². The molecular formula is C19H16ClF3N4O2. The number of benzene rings is 2. The Labute approximate surface area is 169 Å². The summed E-state index contributed by atoms with van der Waals surface area (Å²) in [6, 6.07) is 13.9. The number of carbonyl (C=O) groups excluding carboxylic acids is 1. The van der Waals surface area contributed by atoms with Crippen LogP contribution < -0.4 is 15.4 Å². The van der Waals surface area contributed by atoms with Gasteiger partial charge in [0.2, 0.25) is 5.88 Å². The zero-order valence-electron chi connectivity index (χ0n) is 15.1. The van der Waals surface area contributed by atoms with Gasteiger partial charge >= 0.3 is 6.18 Å². The SMILES string of the molecule is CNc1cccc(NC(=O)COc2cc(C(F)(F)F)nn2-c2ccccc2Cl)c1. The summed E-state index contributed by atoms with van der Waals surface area (Å²) in [6.07, 6.45) is -4.68. The fourth-order valence-electron chi connectivity index (χ4n) is 2.49. The number of anilines is 2. The number of carbonyl (C=O) groups is 1. The highest BCUT2D eigenvalue weighted by molar-refractivity contribution is 6.32. The van der Waals surface area contributed by atoms with Gasteiger partial charge in [0.1, 0.15) is 0 Å². The molecule has 1 amide bonds. The highest BCUT2D eigenvalue weighted by Crippen LogP contribution is 2.33. The summed E-state index contributed by atoms with van der Waals surface area (Å²) in [7, 11) is 1.73. The van der Waals surface area contributed by atoms with Gasteiger partial charge in [-0.3, -0.25) is 4.79 Å². The Morgan fingerprint density at radius 1 is 1.14 bits per heavy atom. The van der Waals surface area contributed by atoms with Crippen LogP contribution in [0.3, 0.4) is 0 Å². The van der Waals surface area contributed by atoms with Crippen LogP contribution in [0.15, 0.2) is 54.6 Å². The van der Waals surface area contributed by atoms with Gasteiger partial charge in [-0.15, -0.1) is 0 Å². The molecule has 0 aliphatic rings. The second-order valence-corrected chi connectivity index (χ2v) is 6.30. The lowest BCUT2D eigenvalue weighted by atomic mass is 10.3. The topological polar surface area (TPSA) is 68.2 Å². The number of hydrogen-bond donors (Lipinski definition) is 2. The summed E-state index contributed by atoms with van der Waals surface area (Å²) in [5.41, 5.74) is 0.340. The fraction of sp³-hybridized carbons (Fsp3) is 0.158. The van der Waals surface area contributed by atoms with Crippen LogP contribution in [0, 0.1) is 0 Å². The zero-order valence-corrected chi connectivity index (χ0v) is 15.9. The van der Waals surface area contributed by atoms with Crippen molar-refractivity contribution in [3.8, 4) is 11.6 Å². The lowest BCUT2D eigenvalue weighted by molar-refractivity contribution is -0.141. The van der Waals surface area contributed by atoms with E-state index in [0.717, 1.165) is 16.4 Å². The van der Waals surface area contributed by atoms with Gasteiger partial charge in [-0.05, 0) is 30.3 Å². The molecule has 3 aromatic rings. The maximum absolute atomic E-state index is 13.1. The van der Waals surface area contributed by atoms with Crippen molar-refractivity contribution in [3.05, 3.63) is 65.3 Å². The van der Waals surface area contributed by atoms with E-state index in [2.05, 4.69) is 15.7 Å². The van der Waals surface area contributed by atoms with E-state index < -0.39 is 24.4 Å². The Morgan fingerprint density at radius 2 is 1.86 bits per heavy atom. The molecule has 152 valence electrons. The molecular weight excluding hydrogens is 409 g/mol. The molecule has 0 unspecified atom stereocenters. The minimum absolute atomic E-state index is 0.183. The summed E-state index contributed by atoms with van der Waals surface area (Å²) >= 11 is 6.07. The quantitative estimate of drug-likeness (QED) is 0.606. The van der Waals surface area contributed by atoms with E-state index in [1.54, 1.807) is 37.4 Å². The highest BCUT2D eigenvalue weighted by atomic mass is 35.5. The normalized spacial score (nSPS) is 11.2. The van der Waals surface area contributed by atoms with Gasteiger partial charge in [-0.2, -0.15) is 23.0 Å². The molecule has 2 aromatic carbocycles. The van der Waals surface area contributed by atoms with Crippen molar-refractivity contribution in [3.63, 3.8) is 0 Å². The number of halogens is 4. The Kier molecular flexibility index (Phi) is 5.97. The summed E-state index contributed by atoms with van der Waals surface area (Å²) in [4.78, 5) is 12.2. The maximum atomic E-state index is 13.1. The monoisotopic (exact) mass is 424 g/mol. The van der Waals surface area contributed by atoms with Crippen LogP contribution in [-0.4, -0.2) is 29.3 Å². The van der Waals surface area contributed by atoms with Crippen LogP contribution in [-0.2, 0) is 11.0 Å². The molecule has 0 fully saturated rings. The van der Waals surface area contributed by atoms with Gasteiger partial charge < -0.3 is 15.4 Å². The van der Waals surface area contributed by atoms with E-state index in [1.807, 2.05) is 6.07 Å². The minimum atomic E-state index is -4.68. The average molecular weight is 425 g/mol. The first kappa shape index (κ1) is 20.5. The molecule has 0 atom stereocenters. The average Bonchev–Trinajstić information content (AvgIpc) is 3.11.